The van der Waals surface area contributed by atoms with Gasteiger partial charge < -0.3 is 147 Å². The maximum atomic E-state index is 7.78. The van der Waals surface area contributed by atoms with Gasteiger partial charge in [-0.15, -0.1) is 104 Å². The van der Waals surface area contributed by atoms with E-state index >= 15 is 0 Å². The van der Waals surface area contributed by atoms with E-state index < -0.39 is 56.6 Å². The molecule has 0 atom stereocenters. The molecule has 0 unspecified atom stereocenters. The van der Waals surface area contributed by atoms with Gasteiger partial charge in [0.05, 0.1) is 52.9 Å². The number of aliphatic hydroxyl groups excluding tert-OH is 9. The van der Waals surface area contributed by atoms with E-state index in [9.17, 15) is 0 Å². The minimum Gasteiger partial charge on any atom is -0.457 e. The summed E-state index contributed by atoms with van der Waals surface area (Å²) < 4.78 is 0. The molecule has 43 N–H and O–H groups in total. The molecule has 0 aromatic rings. The molecule has 0 rings (SSSR count). The molecule has 28 nitrogen and oxygen atoms in total. The zero-order chi connectivity index (χ0) is 38.6. The van der Waals surface area contributed by atoms with E-state index in [1.165, 1.54) is 0 Å². The standard InChI is InChI=1S/9C2H5ClO2.5Gd.10H2O/c9*3-1-2(4)5;;;;;;;;;;;;;;;/h9*2,4-5H,1H2;;;;;;10*1H2/p+5. The van der Waals surface area contributed by atoms with Crippen LogP contribution < -0.4 is 0 Å². The number of hydrogen-bond donors (Lipinski definition) is 18. The molecule has 0 aliphatic rings. The summed E-state index contributed by atoms with van der Waals surface area (Å²) in [7, 11) is 0. The number of alkyl halides is 9. The van der Waals surface area contributed by atoms with Gasteiger partial charge in [0.25, 0.3) is 0 Å². The molecular formula is C18H70Cl9Gd5O28+5. The molecule has 0 aliphatic carbocycles. The first-order chi connectivity index (χ1) is 20.4. The molecule has 0 fully saturated rings. The van der Waals surface area contributed by atoms with Gasteiger partial charge in [0.2, 0.25) is 0 Å². The molecule has 0 saturated heterocycles. The zero-order valence-electron chi connectivity index (χ0n) is 30.2. The molecular weight excluding hydrogens is 1770 g/mol. The average molecular weight is 1840 g/mol. The second kappa shape index (κ2) is 151. The van der Waals surface area contributed by atoms with Crippen LogP contribution in [-0.2, 0) is 27.4 Å². The van der Waals surface area contributed by atoms with Crippen LogP contribution in [0.1, 0.15) is 0 Å². The van der Waals surface area contributed by atoms with Gasteiger partial charge in [-0.05, 0) is 0 Å². The number of aliphatic hydroxyl groups is 18. The Kier molecular flexibility index (Phi) is 396. The Hall–Kier alpha value is 8.11. The van der Waals surface area contributed by atoms with E-state index in [-0.39, 0.29) is 307 Å². The molecule has 0 aromatic heterocycles. The van der Waals surface area contributed by atoms with Crippen LogP contribution in [0.5, 0.6) is 0 Å². The van der Waals surface area contributed by atoms with Crippen LogP contribution in [0.4, 0.5) is 0 Å². The van der Waals surface area contributed by atoms with Crippen molar-refractivity contribution in [3.8, 4) is 0 Å². The van der Waals surface area contributed by atoms with Crippen molar-refractivity contribution in [1.29, 1.82) is 0 Å². The molecule has 408 valence electrons. The summed E-state index contributed by atoms with van der Waals surface area (Å²) in [4.78, 5) is 0. The monoisotopic (exact) mass is 1840 g/mol. The van der Waals surface area contributed by atoms with E-state index in [0.717, 1.165) is 0 Å². The molecule has 42 heteroatoms. The summed E-state index contributed by atoms with van der Waals surface area (Å²) >= 11 is 43.5. The predicted molar refractivity (Wildman–Crippen MR) is 213 cm³/mol. The normalized spacial score (nSPS) is 7.20. The molecule has 60 heavy (non-hydrogen) atoms. The Balaban J connectivity index is -0.0000000107. The zero-order valence-corrected chi connectivity index (χ0v) is 48.3. The second-order valence-electron chi connectivity index (χ2n) is 5.71. The summed E-state index contributed by atoms with van der Waals surface area (Å²) in [5.74, 6) is -1.000. The van der Waals surface area contributed by atoms with Crippen LogP contribution in [0.15, 0.2) is 0 Å². The van der Waals surface area contributed by atoms with E-state index in [4.69, 9.17) is 196 Å². The smallest absolute Gasteiger partial charge is 0.165 e. The van der Waals surface area contributed by atoms with Crippen LogP contribution in [0.25, 0.3) is 0 Å². The first-order valence-corrected chi connectivity index (χ1v) is 15.5. The SMILES string of the molecule is O.O.O.O.O.OC(O)CCl.OC(O)CCl.OC(O)CCl.OC(O)CCl.OC(O)CCl.OC(O)CCl.OC(O)CCl.OC(O)CCl.OC(O)CCl.[Gd].[Gd].[Gd].[Gd].[Gd].[OH3+].[OH3+].[OH3+].[OH3+].[OH3+]. The maximum absolute atomic E-state index is 7.78. The van der Waals surface area contributed by atoms with E-state index in [0.29, 0.717) is 0 Å². The van der Waals surface area contributed by atoms with Crippen molar-refractivity contribution in [3.05, 3.63) is 0 Å². The number of rotatable bonds is 9. The van der Waals surface area contributed by atoms with E-state index in [1.54, 1.807) is 0 Å². The van der Waals surface area contributed by atoms with Crippen LogP contribution in [0, 0.1) is 200 Å². The molecule has 0 aliphatic heterocycles. The molecule has 0 amide bonds. The van der Waals surface area contributed by atoms with Crippen LogP contribution in [0.2, 0.25) is 0 Å². The first kappa shape index (κ1) is 158. The predicted octanol–water partition coefficient (Wildman–Crippen LogP) is -12.9. The number of hydrogen-bond acceptors (Lipinski definition) is 18. The number of halogens is 9. The average Bonchev–Trinajstić information content (AvgIpc) is 2.99. The van der Waals surface area contributed by atoms with Crippen LogP contribution >= 0.6 is 104 Å². The van der Waals surface area contributed by atoms with Gasteiger partial charge in [-0.1, -0.05) is 0 Å². The van der Waals surface area contributed by atoms with Gasteiger partial charge in [0.1, 0.15) is 0 Å². The fourth-order valence-corrected chi connectivity index (χ4v) is 0. The van der Waals surface area contributed by atoms with Crippen molar-refractivity contribution in [2.45, 2.75) is 56.6 Å². The fourth-order valence-electron chi connectivity index (χ4n) is 0. The summed E-state index contributed by atoms with van der Waals surface area (Å²) in [5, 5.41) is 140. The molecule has 0 radical (unpaired) electrons. The minimum atomic E-state index is -1.35. The Labute approximate surface area is 550 Å². The van der Waals surface area contributed by atoms with Gasteiger partial charge in [-0.2, -0.15) is 0 Å². The van der Waals surface area contributed by atoms with Gasteiger partial charge in [-0.3, -0.25) is 0 Å². The van der Waals surface area contributed by atoms with E-state index in [2.05, 4.69) is 0 Å². The summed E-state index contributed by atoms with van der Waals surface area (Å²) in [6, 6.07) is 0. The maximum Gasteiger partial charge on any atom is 0.165 e. The topological polar surface area (TPSA) is 687 Å². The Morgan fingerprint density at radius 2 is 0.200 bits per heavy atom. The van der Waals surface area contributed by atoms with Gasteiger partial charge in [0, 0.05) is 200 Å². The van der Waals surface area contributed by atoms with Crippen molar-refractivity contribution in [1.82, 2.24) is 0 Å². The van der Waals surface area contributed by atoms with Crippen molar-refractivity contribution >= 4 is 104 Å². The Morgan fingerprint density at radius 1 is 0.183 bits per heavy atom. The third-order valence-electron chi connectivity index (χ3n) is 1.24. The van der Waals surface area contributed by atoms with Crippen LogP contribution in [-0.4, -0.2) is 229 Å². The first-order valence-electron chi connectivity index (χ1n) is 10.7. The Morgan fingerprint density at radius 3 is 0.200 bits per heavy atom. The van der Waals surface area contributed by atoms with Crippen molar-refractivity contribution < 1.29 is 346 Å². The molecule has 0 heterocycles. The third kappa shape index (κ3) is 411. The van der Waals surface area contributed by atoms with Crippen molar-refractivity contribution in [2.24, 2.45) is 0 Å². The van der Waals surface area contributed by atoms with Crippen molar-refractivity contribution in [3.63, 3.8) is 0 Å². The summed E-state index contributed by atoms with van der Waals surface area (Å²) in [6.07, 6.45) is -12.2. The molecule has 0 saturated carbocycles. The quantitative estimate of drug-likeness (QED) is 0.0579. The van der Waals surface area contributed by atoms with Crippen LogP contribution in [0.3, 0.4) is 0 Å². The summed E-state index contributed by atoms with van der Waals surface area (Å²) in [5.41, 5.74) is 0. The van der Waals surface area contributed by atoms with Crippen molar-refractivity contribution in [2.75, 3.05) is 52.9 Å². The molecule has 0 bridgehead atoms. The Bertz CT molecular complexity index is 345. The van der Waals surface area contributed by atoms with Gasteiger partial charge in [0.15, 0.2) is 56.6 Å². The van der Waals surface area contributed by atoms with E-state index in [1.807, 2.05) is 0 Å². The molecule has 0 aromatic carbocycles. The van der Waals surface area contributed by atoms with Gasteiger partial charge in [-0.25, -0.2) is 0 Å². The minimum absolute atomic E-state index is 0. The second-order valence-corrected chi connectivity index (χ2v) is 8.49. The molecule has 0 spiro atoms. The fraction of sp³-hybridized carbons (Fsp3) is 1.00. The van der Waals surface area contributed by atoms with Gasteiger partial charge >= 0.3 is 0 Å². The summed E-state index contributed by atoms with van der Waals surface area (Å²) in [6.45, 7) is 0. The largest absolute Gasteiger partial charge is 0.457 e. The third-order valence-corrected chi connectivity index (χ3v) is 3.73.